The van der Waals surface area contributed by atoms with Crippen LogP contribution in [0.1, 0.15) is 12.8 Å². The number of anilines is 1. The van der Waals surface area contributed by atoms with Crippen molar-refractivity contribution >= 4 is 17.3 Å². The van der Waals surface area contributed by atoms with Crippen molar-refractivity contribution in [3.8, 4) is 0 Å². The summed E-state index contributed by atoms with van der Waals surface area (Å²) in [5.41, 5.74) is -2.27. The first-order chi connectivity index (χ1) is 9.46. The van der Waals surface area contributed by atoms with Gasteiger partial charge in [0.05, 0.1) is 4.92 Å². The Morgan fingerprint density at radius 3 is 2.65 bits per heavy atom. The zero-order valence-corrected chi connectivity index (χ0v) is 10.5. The van der Waals surface area contributed by atoms with E-state index < -0.39 is 27.9 Å². The number of nitrogens with zero attached hydrogens (tertiary/aromatic N) is 1. The van der Waals surface area contributed by atoms with Gasteiger partial charge < -0.3 is 15.2 Å². The van der Waals surface area contributed by atoms with Crippen molar-refractivity contribution in [1.82, 2.24) is 0 Å². The molecule has 20 heavy (non-hydrogen) atoms. The van der Waals surface area contributed by atoms with Crippen molar-refractivity contribution in [2.45, 2.75) is 18.4 Å². The molecular weight excluding hydrogens is 271 g/mol. The van der Waals surface area contributed by atoms with Gasteiger partial charge in [-0.15, -0.1) is 0 Å². The number of carbonyl (C=O) groups is 1. The molecule has 0 spiro atoms. The Bertz CT molecular complexity index is 543. The van der Waals surface area contributed by atoms with Crippen LogP contribution in [0.5, 0.6) is 0 Å². The number of nitro benzene ring substituents is 1. The van der Waals surface area contributed by atoms with E-state index in [9.17, 15) is 24.4 Å². The number of rotatable bonds is 4. The molecular formula is C12H13FN2O5. The van der Waals surface area contributed by atoms with Gasteiger partial charge in [-0.2, -0.15) is 4.39 Å². The van der Waals surface area contributed by atoms with Crippen LogP contribution in [0.25, 0.3) is 0 Å². The fourth-order valence-electron chi connectivity index (χ4n) is 2.17. The van der Waals surface area contributed by atoms with Crippen LogP contribution in [0.4, 0.5) is 15.8 Å². The van der Waals surface area contributed by atoms with Crippen LogP contribution in [-0.2, 0) is 9.53 Å². The summed E-state index contributed by atoms with van der Waals surface area (Å²) in [4.78, 5) is 21.5. The van der Waals surface area contributed by atoms with Crippen molar-refractivity contribution < 1.29 is 24.0 Å². The second kappa shape index (κ2) is 5.41. The molecule has 0 atom stereocenters. The molecule has 0 saturated carbocycles. The molecule has 0 aliphatic carbocycles. The minimum Gasteiger partial charge on any atom is -0.480 e. The zero-order valence-electron chi connectivity index (χ0n) is 10.5. The van der Waals surface area contributed by atoms with Crippen molar-refractivity contribution in [2.75, 3.05) is 18.5 Å². The fourth-order valence-corrected chi connectivity index (χ4v) is 2.17. The summed E-state index contributed by atoms with van der Waals surface area (Å²) in [6.45, 7) is 0.449. The summed E-state index contributed by atoms with van der Waals surface area (Å²) in [7, 11) is 0. The van der Waals surface area contributed by atoms with Gasteiger partial charge in [0.25, 0.3) is 0 Å². The number of ether oxygens (including phenoxy) is 1. The smallest absolute Gasteiger partial charge is 0.329 e. The Morgan fingerprint density at radius 1 is 1.45 bits per heavy atom. The monoisotopic (exact) mass is 284 g/mol. The lowest BCUT2D eigenvalue weighted by molar-refractivity contribution is -0.386. The summed E-state index contributed by atoms with van der Waals surface area (Å²) in [6, 6.07) is 3.54. The van der Waals surface area contributed by atoms with Crippen LogP contribution < -0.4 is 5.32 Å². The average Bonchev–Trinajstić information content (AvgIpc) is 2.39. The number of hydrogen-bond donors (Lipinski definition) is 2. The predicted molar refractivity (Wildman–Crippen MR) is 67.1 cm³/mol. The van der Waals surface area contributed by atoms with Gasteiger partial charge in [0.1, 0.15) is 11.2 Å². The van der Waals surface area contributed by atoms with Crippen LogP contribution in [-0.4, -0.2) is 34.8 Å². The fraction of sp³-hybridized carbons (Fsp3) is 0.417. The van der Waals surface area contributed by atoms with Gasteiger partial charge in [0.2, 0.25) is 5.82 Å². The third-order valence-electron chi connectivity index (χ3n) is 3.30. The summed E-state index contributed by atoms with van der Waals surface area (Å²) >= 11 is 0. The molecule has 108 valence electrons. The highest BCUT2D eigenvalue weighted by Gasteiger charge is 2.41. The Labute approximate surface area is 113 Å². The zero-order chi connectivity index (χ0) is 14.8. The lowest BCUT2D eigenvalue weighted by atomic mass is 9.89. The molecule has 0 aromatic heterocycles. The van der Waals surface area contributed by atoms with Crippen molar-refractivity contribution in [2.24, 2.45) is 0 Å². The van der Waals surface area contributed by atoms with Crippen LogP contribution in [0.15, 0.2) is 18.2 Å². The third kappa shape index (κ3) is 2.55. The normalized spacial score (nSPS) is 17.4. The first-order valence-electron chi connectivity index (χ1n) is 5.98. The molecule has 1 saturated heterocycles. The summed E-state index contributed by atoms with van der Waals surface area (Å²) in [5, 5.41) is 22.9. The van der Waals surface area contributed by atoms with E-state index in [4.69, 9.17) is 4.74 Å². The predicted octanol–water partition coefficient (Wildman–Crippen LogP) is 1.78. The molecule has 7 nitrogen and oxygen atoms in total. The number of carboxylic acid groups (broad SMARTS) is 1. The highest BCUT2D eigenvalue weighted by atomic mass is 19.1. The van der Waals surface area contributed by atoms with Crippen LogP contribution >= 0.6 is 0 Å². The maximum absolute atomic E-state index is 13.5. The van der Waals surface area contributed by atoms with Gasteiger partial charge in [-0.1, -0.05) is 6.07 Å². The lowest BCUT2D eigenvalue weighted by Crippen LogP contribution is -2.50. The van der Waals surface area contributed by atoms with E-state index in [0.717, 1.165) is 6.07 Å². The van der Waals surface area contributed by atoms with Gasteiger partial charge in [0, 0.05) is 26.1 Å². The number of para-hydroxylation sites is 1. The van der Waals surface area contributed by atoms with E-state index in [2.05, 4.69) is 5.32 Å². The van der Waals surface area contributed by atoms with Crippen molar-refractivity contribution in [1.29, 1.82) is 0 Å². The number of hydrogen-bond acceptors (Lipinski definition) is 5. The molecule has 1 heterocycles. The quantitative estimate of drug-likeness (QED) is 0.645. The molecule has 0 radical (unpaired) electrons. The highest BCUT2D eigenvalue weighted by molar-refractivity contribution is 5.84. The molecule has 0 amide bonds. The number of nitro groups is 1. The summed E-state index contributed by atoms with van der Waals surface area (Å²) < 4.78 is 18.6. The molecule has 1 aliphatic heterocycles. The maximum atomic E-state index is 13.5. The second-order valence-corrected chi connectivity index (χ2v) is 4.52. The van der Waals surface area contributed by atoms with Crippen LogP contribution in [0, 0.1) is 15.9 Å². The number of aliphatic carboxylic acids is 1. The maximum Gasteiger partial charge on any atom is 0.329 e. The van der Waals surface area contributed by atoms with E-state index in [1.807, 2.05) is 0 Å². The first kappa shape index (κ1) is 14.2. The molecule has 0 unspecified atom stereocenters. The second-order valence-electron chi connectivity index (χ2n) is 4.52. The minimum atomic E-state index is -1.38. The SMILES string of the molecule is O=C(O)C1(Nc2cccc(F)c2[N+](=O)[O-])CCOCC1. The van der Waals surface area contributed by atoms with Crippen LogP contribution in [0.2, 0.25) is 0 Å². The van der Waals surface area contributed by atoms with Gasteiger partial charge in [0.15, 0.2) is 0 Å². The van der Waals surface area contributed by atoms with E-state index in [-0.39, 0.29) is 31.7 Å². The van der Waals surface area contributed by atoms with Gasteiger partial charge in [-0.25, -0.2) is 4.79 Å². The van der Waals surface area contributed by atoms with Crippen molar-refractivity contribution in [3.63, 3.8) is 0 Å². The molecule has 1 aliphatic rings. The average molecular weight is 284 g/mol. The third-order valence-corrected chi connectivity index (χ3v) is 3.30. The van der Waals surface area contributed by atoms with Gasteiger partial charge >= 0.3 is 11.7 Å². The van der Waals surface area contributed by atoms with Crippen molar-refractivity contribution in [3.05, 3.63) is 34.1 Å². The van der Waals surface area contributed by atoms with Gasteiger partial charge in [-0.3, -0.25) is 10.1 Å². The Hall–Kier alpha value is -2.22. The molecule has 1 fully saturated rings. The minimum absolute atomic E-state index is 0.140. The molecule has 0 bridgehead atoms. The number of halogens is 1. The topological polar surface area (TPSA) is 102 Å². The highest BCUT2D eigenvalue weighted by Crippen LogP contribution is 2.33. The Kier molecular flexibility index (Phi) is 3.84. The summed E-state index contributed by atoms with van der Waals surface area (Å²) in [6.07, 6.45) is 0.298. The van der Waals surface area contributed by atoms with E-state index in [1.165, 1.54) is 12.1 Å². The molecule has 2 rings (SSSR count). The Balaban J connectivity index is 2.39. The lowest BCUT2D eigenvalue weighted by Gasteiger charge is -2.34. The van der Waals surface area contributed by atoms with E-state index in [1.54, 1.807) is 0 Å². The van der Waals surface area contributed by atoms with E-state index in [0.29, 0.717) is 0 Å². The van der Waals surface area contributed by atoms with E-state index >= 15 is 0 Å². The molecule has 1 aromatic carbocycles. The Morgan fingerprint density at radius 2 is 2.10 bits per heavy atom. The van der Waals surface area contributed by atoms with Crippen LogP contribution in [0.3, 0.4) is 0 Å². The number of carboxylic acids is 1. The molecule has 2 N–H and O–H groups in total. The standard InChI is InChI=1S/C12H13FN2O5/c13-8-2-1-3-9(10(8)15(18)19)14-12(11(16)17)4-6-20-7-5-12/h1-3,14H,4-7H2,(H,16,17). The number of benzene rings is 1. The first-order valence-corrected chi connectivity index (χ1v) is 5.98. The largest absolute Gasteiger partial charge is 0.480 e. The molecule has 1 aromatic rings. The number of nitrogens with one attached hydrogen (secondary N) is 1. The molecule has 8 heteroatoms. The summed E-state index contributed by atoms with van der Waals surface area (Å²) in [5.74, 6) is -2.15. The van der Waals surface area contributed by atoms with Gasteiger partial charge in [-0.05, 0) is 12.1 Å².